The minimum absolute atomic E-state index is 0.0993. The summed E-state index contributed by atoms with van der Waals surface area (Å²) in [5.74, 6) is -1.92. The maximum absolute atomic E-state index is 12.4. The predicted octanol–water partition coefficient (Wildman–Crippen LogP) is 2.76. The second-order valence-corrected chi connectivity index (χ2v) is 6.35. The molecule has 3 N–H and O–H groups in total. The molecule has 0 spiro atoms. The van der Waals surface area contributed by atoms with Gasteiger partial charge in [0, 0.05) is 24.2 Å². The number of halogens is 3. The predicted molar refractivity (Wildman–Crippen MR) is 82.3 cm³/mol. The Morgan fingerprint density at radius 3 is 2.54 bits per heavy atom. The molecule has 0 bridgehead atoms. The minimum atomic E-state index is -4.35. The summed E-state index contributed by atoms with van der Waals surface area (Å²) >= 11 is 0. The highest BCUT2D eigenvalue weighted by Gasteiger charge is 2.34. The molecular formula is C16H22F3N3O2. The Kier molecular flexibility index (Phi) is 5.90. The topological polar surface area (TPSA) is 74.0 Å². The van der Waals surface area contributed by atoms with Crippen LogP contribution in [0.3, 0.4) is 0 Å². The Bertz CT molecular complexity index is 557. The van der Waals surface area contributed by atoms with Crippen LogP contribution in [-0.4, -0.2) is 35.1 Å². The van der Waals surface area contributed by atoms with Crippen molar-refractivity contribution in [2.45, 2.75) is 57.3 Å². The summed E-state index contributed by atoms with van der Waals surface area (Å²) < 4.78 is 37.1. The monoisotopic (exact) mass is 345 g/mol. The van der Waals surface area contributed by atoms with E-state index in [1.54, 1.807) is 18.3 Å². The van der Waals surface area contributed by atoms with Crippen LogP contribution in [-0.2, 0) is 4.79 Å². The standard InChI is InChI=1S/C16H22F3N3O2/c1-10(9-16(17,18)19)14(23)21-11-4-2-5-12(8-11)22-15(24)13-6-3-7-20-13/h3,6-7,10-12,20H,2,4-5,8-9H2,1H3,(H,21,23)(H,22,24)/t10-,11-,12-/m1/s1. The number of rotatable bonds is 5. The molecule has 0 radical (unpaired) electrons. The zero-order chi connectivity index (χ0) is 17.7. The molecule has 3 atom stereocenters. The van der Waals surface area contributed by atoms with E-state index in [0.717, 1.165) is 12.8 Å². The van der Waals surface area contributed by atoms with Crippen molar-refractivity contribution in [3.8, 4) is 0 Å². The van der Waals surface area contributed by atoms with Crippen molar-refractivity contribution < 1.29 is 22.8 Å². The number of nitrogens with one attached hydrogen (secondary N) is 3. The number of amides is 2. The van der Waals surface area contributed by atoms with E-state index in [4.69, 9.17) is 0 Å². The van der Waals surface area contributed by atoms with Gasteiger partial charge in [-0.05, 0) is 37.8 Å². The van der Waals surface area contributed by atoms with Gasteiger partial charge in [0.05, 0.1) is 6.42 Å². The molecule has 0 unspecified atom stereocenters. The van der Waals surface area contributed by atoms with Gasteiger partial charge in [0.15, 0.2) is 0 Å². The fourth-order valence-electron chi connectivity index (χ4n) is 2.97. The van der Waals surface area contributed by atoms with Crippen LogP contribution in [0.1, 0.15) is 49.5 Å². The molecular weight excluding hydrogens is 323 g/mol. The maximum atomic E-state index is 12.4. The largest absolute Gasteiger partial charge is 0.389 e. The molecule has 0 aromatic carbocycles. The summed E-state index contributed by atoms with van der Waals surface area (Å²) in [6.07, 6.45) is -1.00. The van der Waals surface area contributed by atoms with Crippen LogP contribution in [0.4, 0.5) is 13.2 Å². The van der Waals surface area contributed by atoms with E-state index in [1.165, 1.54) is 6.92 Å². The van der Waals surface area contributed by atoms with Crippen LogP contribution in [0.5, 0.6) is 0 Å². The van der Waals surface area contributed by atoms with E-state index in [0.29, 0.717) is 18.5 Å². The molecule has 2 amide bonds. The first-order chi connectivity index (χ1) is 11.2. The fourth-order valence-corrected chi connectivity index (χ4v) is 2.97. The van der Waals surface area contributed by atoms with Crippen molar-refractivity contribution in [1.82, 2.24) is 15.6 Å². The van der Waals surface area contributed by atoms with E-state index in [9.17, 15) is 22.8 Å². The summed E-state index contributed by atoms with van der Waals surface area (Å²) in [5.41, 5.74) is 0.458. The average molecular weight is 345 g/mol. The highest BCUT2D eigenvalue weighted by atomic mass is 19.4. The van der Waals surface area contributed by atoms with Crippen molar-refractivity contribution in [3.05, 3.63) is 24.0 Å². The zero-order valence-electron chi connectivity index (χ0n) is 13.5. The van der Waals surface area contributed by atoms with Gasteiger partial charge in [-0.25, -0.2) is 0 Å². The summed E-state index contributed by atoms with van der Waals surface area (Å²) in [5, 5.41) is 5.57. The van der Waals surface area contributed by atoms with Crippen LogP contribution in [0, 0.1) is 5.92 Å². The molecule has 1 saturated carbocycles. The van der Waals surface area contributed by atoms with Crippen LogP contribution < -0.4 is 10.6 Å². The lowest BCUT2D eigenvalue weighted by molar-refractivity contribution is -0.153. The summed E-state index contributed by atoms with van der Waals surface area (Å²) in [6.45, 7) is 1.27. The normalized spacial score (nSPS) is 22.7. The lowest BCUT2D eigenvalue weighted by Gasteiger charge is -2.31. The number of hydrogen-bond donors (Lipinski definition) is 3. The van der Waals surface area contributed by atoms with Gasteiger partial charge in [0.1, 0.15) is 5.69 Å². The molecule has 134 valence electrons. The number of aromatic amines is 1. The van der Waals surface area contributed by atoms with E-state index in [1.807, 2.05) is 0 Å². The molecule has 1 aromatic heterocycles. The van der Waals surface area contributed by atoms with Gasteiger partial charge in [0.2, 0.25) is 5.91 Å². The van der Waals surface area contributed by atoms with Crippen molar-refractivity contribution >= 4 is 11.8 Å². The number of carbonyl (C=O) groups is 2. The zero-order valence-corrected chi connectivity index (χ0v) is 13.5. The SMILES string of the molecule is C[C@H](CC(F)(F)F)C(=O)N[C@@H]1CCC[C@@H](NC(=O)c2ccc[nH]2)C1. The number of carbonyl (C=O) groups excluding carboxylic acids is 2. The van der Waals surface area contributed by atoms with Crippen LogP contribution in [0.25, 0.3) is 0 Å². The van der Waals surface area contributed by atoms with Gasteiger partial charge in [0.25, 0.3) is 5.91 Å². The number of aromatic nitrogens is 1. The Morgan fingerprint density at radius 2 is 1.96 bits per heavy atom. The quantitative estimate of drug-likeness (QED) is 0.768. The van der Waals surface area contributed by atoms with E-state index in [2.05, 4.69) is 15.6 Å². The molecule has 1 aromatic rings. The maximum Gasteiger partial charge on any atom is 0.389 e. The highest BCUT2D eigenvalue weighted by Crippen LogP contribution is 2.25. The molecule has 1 aliphatic rings. The van der Waals surface area contributed by atoms with Crippen molar-refractivity contribution in [3.63, 3.8) is 0 Å². The summed E-state index contributed by atoms with van der Waals surface area (Å²) in [6, 6.07) is 3.07. The third-order valence-corrected chi connectivity index (χ3v) is 4.18. The second kappa shape index (κ2) is 7.72. The van der Waals surface area contributed by atoms with E-state index >= 15 is 0 Å². The lowest BCUT2D eigenvalue weighted by atomic mass is 9.90. The van der Waals surface area contributed by atoms with Crippen LogP contribution >= 0.6 is 0 Å². The molecule has 2 rings (SSSR count). The van der Waals surface area contributed by atoms with Gasteiger partial charge < -0.3 is 15.6 Å². The molecule has 5 nitrogen and oxygen atoms in total. The average Bonchev–Trinajstić information content (AvgIpc) is 3.00. The number of H-pyrrole nitrogens is 1. The highest BCUT2D eigenvalue weighted by molar-refractivity contribution is 5.92. The Hall–Kier alpha value is -1.99. The summed E-state index contributed by atoms with van der Waals surface area (Å²) in [4.78, 5) is 26.7. The van der Waals surface area contributed by atoms with Gasteiger partial charge in [-0.2, -0.15) is 13.2 Å². The molecule has 1 heterocycles. The van der Waals surface area contributed by atoms with Crippen molar-refractivity contribution in [2.75, 3.05) is 0 Å². The smallest absolute Gasteiger partial charge is 0.357 e. The second-order valence-electron chi connectivity index (χ2n) is 6.35. The number of alkyl halides is 3. The van der Waals surface area contributed by atoms with Gasteiger partial charge >= 0.3 is 6.18 Å². The molecule has 1 fully saturated rings. The van der Waals surface area contributed by atoms with E-state index < -0.39 is 24.4 Å². The molecule has 0 aliphatic heterocycles. The van der Waals surface area contributed by atoms with Gasteiger partial charge in [-0.1, -0.05) is 6.92 Å². The first kappa shape index (κ1) is 18.4. The Labute approximate surface area is 138 Å². The molecule has 24 heavy (non-hydrogen) atoms. The molecule has 1 aliphatic carbocycles. The van der Waals surface area contributed by atoms with E-state index in [-0.39, 0.29) is 18.0 Å². The van der Waals surface area contributed by atoms with Crippen molar-refractivity contribution in [2.24, 2.45) is 5.92 Å². The Balaban J connectivity index is 1.82. The molecule has 8 heteroatoms. The molecule has 0 saturated heterocycles. The first-order valence-electron chi connectivity index (χ1n) is 8.06. The fraction of sp³-hybridized carbons (Fsp3) is 0.625. The Morgan fingerprint density at radius 1 is 1.29 bits per heavy atom. The van der Waals surface area contributed by atoms with Crippen molar-refractivity contribution in [1.29, 1.82) is 0 Å². The van der Waals surface area contributed by atoms with Gasteiger partial charge in [-0.3, -0.25) is 9.59 Å². The minimum Gasteiger partial charge on any atom is -0.357 e. The van der Waals surface area contributed by atoms with Crippen LogP contribution in [0.15, 0.2) is 18.3 Å². The third-order valence-electron chi connectivity index (χ3n) is 4.18. The summed E-state index contributed by atoms with van der Waals surface area (Å²) in [7, 11) is 0. The lowest BCUT2D eigenvalue weighted by Crippen LogP contribution is -2.47. The van der Waals surface area contributed by atoms with Crippen LogP contribution in [0.2, 0.25) is 0 Å². The van der Waals surface area contributed by atoms with Gasteiger partial charge in [-0.15, -0.1) is 0 Å². The third kappa shape index (κ3) is 5.58. The number of hydrogen-bond acceptors (Lipinski definition) is 2. The first-order valence-corrected chi connectivity index (χ1v) is 8.06.